The zero-order chi connectivity index (χ0) is 14.7. The molecule has 0 spiro atoms. The van der Waals surface area contributed by atoms with Gasteiger partial charge in [0.2, 0.25) is 0 Å². The molecule has 0 aliphatic rings. The summed E-state index contributed by atoms with van der Waals surface area (Å²) in [5, 5.41) is 5.10. The summed E-state index contributed by atoms with van der Waals surface area (Å²) in [6, 6.07) is 15.9. The first-order chi connectivity index (χ1) is 10.3. The highest BCUT2D eigenvalue weighted by molar-refractivity contribution is 6.32. The van der Waals surface area contributed by atoms with Gasteiger partial charge in [0, 0.05) is 23.8 Å². The van der Waals surface area contributed by atoms with E-state index < -0.39 is 0 Å². The number of hydrogen-bond acceptors (Lipinski definition) is 3. The van der Waals surface area contributed by atoms with Gasteiger partial charge in [-0.05, 0) is 42.0 Å². The van der Waals surface area contributed by atoms with Crippen LogP contribution >= 0.6 is 11.6 Å². The summed E-state index contributed by atoms with van der Waals surface area (Å²) in [4.78, 5) is 4.32. The van der Waals surface area contributed by atoms with Crippen LogP contribution in [0.4, 0.5) is 5.69 Å². The molecule has 0 aliphatic heterocycles. The molecule has 0 unspecified atom stereocenters. The Morgan fingerprint density at radius 3 is 2.86 bits per heavy atom. The highest BCUT2D eigenvalue weighted by Crippen LogP contribution is 2.27. The predicted octanol–water partition coefficient (Wildman–Crippen LogP) is 4.51. The number of nitrogens with one attached hydrogen (secondary N) is 1. The first-order valence-corrected chi connectivity index (χ1v) is 7.05. The summed E-state index contributed by atoms with van der Waals surface area (Å²) < 4.78 is 5.14. The van der Waals surface area contributed by atoms with E-state index in [1.807, 2.05) is 30.3 Å². The lowest BCUT2D eigenvalue weighted by Gasteiger charge is -2.09. The number of anilines is 1. The molecule has 1 N–H and O–H groups in total. The van der Waals surface area contributed by atoms with Crippen LogP contribution in [0.25, 0.3) is 10.9 Å². The number of ether oxygens (including phenoxy) is 1. The molecule has 0 radical (unpaired) electrons. The quantitative estimate of drug-likeness (QED) is 0.769. The third kappa shape index (κ3) is 3.09. The minimum Gasteiger partial charge on any atom is -0.495 e. The van der Waals surface area contributed by atoms with Crippen LogP contribution in [-0.2, 0) is 6.54 Å². The van der Waals surface area contributed by atoms with Gasteiger partial charge in [0.1, 0.15) is 5.75 Å². The first-order valence-electron chi connectivity index (χ1n) is 6.67. The van der Waals surface area contributed by atoms with E-state index in [1.165, 1.54) is 5.56 Å². The molecule has 4 heteroatoms. The van der Waals surface area contributed by atoms with Crippen LogP contribution in [0.5, 0.6) is 5.75 Å². The summed E-state index contributed by atoms with van der Waals surface area (Å²) >= 11 is 6.12. The molecule has 2 aromatic carbocycles. The van der Waals surface area contributed by atoms with Gasteiger partial charge in [-0.25, -0.2) is 0 Å². The third-order valence-corrected chi connectivity index (χ3v) is 3.61. The number of hydrogen-bond donors (Lipinski definition) is 1. The number of benzene rings is 2. The highest BCUT2D eigenvalue weighted by atomic mass is 35.5. The standard InChI is InChI=1S/C17H15ClN2O/c1-21-17-7-5-14(10-15(17)18)20-11-12-4-6-16-13(9-12)3-2-8-19-16/h2-10,20H,11H2,1H3. The summed E-state index contributed by atoms with van der Waals surface area (Å²) in [6.07, 6.45) is 1.81. The average molecular weight is 299 g/mol. The van der Waals surface area contributed by atoms with Gasteiger partial charge >= 0.3 is 0 Å². The third-order valence-electron chi connectivity index (χ3n) is 3.32. The smallest absolute Gasteiger partial charge is 0.137 e. The number of rotatable bonds is 4. The van der Waals surface area contributed by atoms with E-state index in [9.17, 15) is 0 Å². The second-order valence-electron chi connectivity index (χ2n) is 4.73. The molecule has 3 aromatic rings. The van der Waals surface area contributed by atoms with Gasteiger partial charge in [0.15, 0.2) is 0 Å². The van der Waals surface area contributed by atoms with E-state index >= 15 is 0 Å². The van der Waals surface area contributed by atoms with Crippen molar-refractivity contribution in [1.82, 2.24) is 4.98 Å². The van der Waals surface area contributed by atoms with Gasteiger partial charge in [0.05, 0.1) is 17.6 Å². The lowest BCUT2D eigenvalue weighted by molar-refractivity contribution is 0.415. The van der Waals surface area contributed by atoms with Gasteiger partial charge in [-0.1, -0.05) is 23.7 Å². The van der Waals surface area contributed by atoms with Gasteiger partial charge in [-0.15, -0.1) is 0 Å². The molecule has 21 heavy (non-hydrogen) atoms. The van der Waals surface area contributed by atoms with Crippen molar-refractivity contribution in [2.24, 2.45) is 0 Å². The summed E-state index contributed by atoms with van der Waals surface area (Å²) in [6.45, 7) is 0.730. The molecule has 1 aromatic heterocycles. The SMILES string of the molecule is COc1ccc(NCc2ccc3ncccc3c2)cc1Cl. The lowest BCUT2D eigenvalue weighted by Crippen LogP contribution is -1.99. The molecule has 3 rings (SSSR count). The minimum atomic E-state index is 0.602. The van der Waals surface area contributed by atoms with Crippen LogP contribution in [0.3, 0.4) is 0 Å². The van der Waals surface area contributed by atoms with Gasteiger partial charge in [-0.3, -0.25) is 4.98 Å². The Labute approximate surface area is 128 Å². The van der Waals surface area contributed by atoms with Crippen LogP contribution in [0.1, 0.15) is 5.56 Å². The zero-order valence-corrected chi connectivity index (χ0v) is 12.4. The molecule has 0 bridgehead atoms. The van der Waals surface area contributed by atoms with E-state index in [4.69, 9.17) is 16.3 Å². The lowest BCUT2D eigenvalue weighted by atomic mass is 10.1. The van der Waals surface area contributed by atoms with Crippen LogP contribution in [-0.4, -0.2) is 12.1 Å². The highest BCUT2D eigenvalue weighted by Gasteiger charge is 2.02. The van der Waals surface area contributed by atoms with Crippen LogP contribution in [0, 0.1) is 0 Å². The predicted molar refractivity (Wildman–Crippen MR) is 87.1 cm³/mol. The Hall–Kier alpha value is -2.26. The van der Waals surface area contributed by atoms with E-state index in [0.717, 1.165) is 23.1 Å². The van der Waals surface area contributed by atoms with Crippen LogP contribution < -0.4 is 10.1 Å². The van der Waals surface area contributed by atoms with E-state index in [2.05, 4.69) is 28.5 Å². The maximum atomic E-state index is 6.12. The fourth-order valence-electron chi connectivity index (χ4n) is 2.22. The number of methoxy groups -OCH3 is 1. The zero-order valence-electron chi connectivity index (χ0n) is 11.6. The van der Waals surface area contributed by atoms with Gasteiger partial charge in [-0.2, -0.15) is 0 Å². The van der Waals surface area contributed by atoms with E-state index in [0.29, 0.717) is 10.8 Å². The molecular formula is C17H15ClN2O. The Bertz CT molecular complexity index is 774. The normalized spacial score (nSPS) is 10.6. The van der Waals surface area contributed by atoms with Crippen LogP contribution in [0.2, 0.25) is 5.02 Å². The number of halogens is 1. The van der Waals surface area contributed by atoms with Crippen molar-refractivity contribution in [3.63, 3.8) is 0 Å². The van der Waals surface area contributed by atoms with Crippen LogP contribution in [0.15, 0.2) is 54.7 Å². The van der Waals surface area contributed by atoms with Gasteiger partial charge < -0.3 is 10.1 Å². The molecule has 0 saturated carbocycles. The molecule has 106 valence electrons. The fourth-order valence-corrected chi connectivity index (χ4v) is 2.47. The maximum absolute atomic E-state index is 6.12. The molecule has 0 atom stereocenters. The monoisotopic (exact) mass is 298 g/mol. The van der Waals surface area contributed by atoms with E-state index in [1.54, 1.807) is 13.3 Å². The van der Waals surface area contributed by atoms with Gasteiger partial charge in [0.25, 0.3) is 0 Å². The fraction of sp³-hybridized carbons (Fsp3) is 0.118. The van der Waals surface area contributed by atoms with Crippen molar-refractivity contribution in [3.05, 3.63) is 65.3 Å². The molecule has 0 fully saturated rings. The van der Waals surface area contributed by atoms with Crippen molar-refractivity contribution >= 4 is 28.2 Å². The number of fused-ring (bicyclic) bond motifs is 1. The van der Waals surface area contributed by atoms with Crippen molar-refractivity contribution in [2.45, 2.75) is 6.54 Å². The second kappa shape index (κ2) is 6.02. The topological polar surface area (TPSA) is 34.1 Å². The van der Waals surface area contributed by atoms with Crippen molar-refractivity contribution in [1.29, 1.82) is 0 Å². The number of nitrogens with zero attached hydrogens (tertiary/aromatic N) is 1. The maximum Gasteiger partial charge on any atom is 0.137 e. The number of aromatic nitrogens is 1. The Morgan fingerprint density at radius 1 is 1.14 bits per heavy atom. The molecule has 3 nitrogen and oxygen atoms in total. The summed E-state index contributed by atoms with van der Waals surface area (Å²) in [5.74, 6) is 0.680. The molecule has 1 heterocycles. The second-order valence-corrected chi connectivity index (χ2v) is 5.14. The van der Waals surface area contributed by atoms with Crippen molar-refractivity contribution in [3.8, 4) is 5.75 Å². The average Bonchev–Trinajstić information content (AvgIpc) is 2.53. The van der Waals surface area contributed by atoms with Crippen molar-refractivity contribution in [2.75, 3.05) is 12.4 Å². The molecular weight excluding hydrogens is 284 g/mol. The first kappa shape index (κ1) is 13.7. The number of pyridine rings is 1. The Morgan fingerprint density at radius 2 is 2.05 bits per heavy atom. The molecule has 0 amide bonds. The van der Waals surface area contributed by atoms with E-state index in [-0.39, 0.29) is 0 Å². The largest absolute Gasteiger partial charge is 0.495 e. The Kier molecular flexibility index (Phi) is 3.93. The molecule has 0 aliphatic carbocycles. The summed E-state index contributed by atoms with van der Waals surface area (Å²) in [5.41, 5.74) is 3.17. The Balaban J connectivity index is 1.75. The molecule has 0 saturated heterocycles. The summed E-state index contributed by atoms with van der Waals surface area (Å²) in [7, 11) is 1.61. The van der Waals surface area contributed by atoms with Crippen molar-refractivity contribution < 1.29 is 4.74 Å². The minimum absolute atomic E-state index is 0.602.